The van der Waals surface area contributed by atoms with Crippen LogP contribution in [0.4, 0.5) is 13.2 Å². The maximum Gasteiger partial charge on any atom is 0.416 e. The number of thioether (sulfide) groups is 1. The first-order chi connectivity index (χ1) is 9.20. The van der Waals surface area contributed by atoms with Crippen molar-refractivity contribution in [3.8, 4) is 0 Å². The average molecular weight is 320 g/mol. The van der Waals surface area contributed by atoms with E-state index < -0.39 is 11.7 Å². The zero-order chi connectivity index (χ0) is 15.3. The van der Waals surface area contributed by atoms with Gasteiger partial charge in [0.1, 0.15) is 5.76 Å². The Labute approximate surface area is 125 Å². The summed E-state index contributed by atoms with van der Waals surface area (Å²) >= 11 is 6.51. The van der Waals surface area contributed by atoms with Crippen molar-refractivity contribution in [1.82, 2.24) is 0 Å². The second-order valence-corrected chi connectivity index (χ2v) is 6.39. The number of aliphatic hydroxyl groups excluding tert-OH is 1. The molecule has 6 heteroatoms. The van der Waals surface area contributed by atoms with E-state index in [9.17, 15) is 18.3 Å². The number of halogens is 3. The normalized spacial score (nSPS) is 12.8. The molecule has 20 heavy (non-hydrogen) atoms. The number of aliphatic hydroxyl groups is 1. The van der Waals surface area contributed by atoms with Crippen LogP contribution < -0.4 is 0 Å². The highest BCUT2D eigenvalue weighted by molar-refractivity contribution is 8.23. The highest BCUT2D eigenvalue weighted by atomic mass is 32.2. The molecule has 0 spiro atoms. The van der Waals surface area contributed by atoms with Crippen molar-refractivity contribution in [2.45, 2.75) is 20.0 Å². The van der Waals surface area contributed by atoms with Crippen molar-refractivity contribution in [3.63, 3.8) is 0 Å². The van der Waals surface area contributed by atoms with E-state index in [2.05, 4.69) is 13.8 Å². The van der Waals surface area contributed by atoms with E-state index in [0.29, 0.717) is 15.7 Å². The minimum atomic E-state index is -4.37. The Balaban J connectivity index is 2.77. The molecule has 0 aliphatic heterocycles. The topological polar surface area (TPSA) is 20.2 Å². The van der Waals surface area contributed by atoms with Gasteiger partial charge in [0.15, 0.2) is 0 Å². The second kappa shape index (κ2) is 7.13. The maximum absolute atomic E-state index is 12.4. The Bertz CT molecular complexity index is 490. The molecule has 1 nitrogen and oxygen atoms in total. The van der Waals surface area contributed by atoms with Crippen molar-refractivity contribution < 1.29 is 18.3 Å². The largest absolute Gasteiger partial charge is 0.507 e. The van der Waals surface area contributed by atoms with Gasteiger partial charge in [-0.2, -0.15) is 13.2 Å². The van der Waals surface area contributed by atoms with Crippen molar-refractivity contribution in [2.75, 3.05) is 5.75 Å². The number of benzene rings is 1. The third-order valence-electron chi connectivity index (χ3n) is 2.32. The Hall–Kier alpha value is -1.01. The molecule has 0 saturated heterocycles. The molecular weight excluding hydrogens is 305 g/mol. The molecule has 1 aromatic rings. The molecule has 0 aromatic heterocycles. The molecule has 0 atom stereocenters. The van der Waals surface area contributed by atoms with E-state index in [4.69, 9.17) is 12.2 Å². The summed E-state index contributed by atoms with van der Waals surface area (Å²) in [5.41, 5.74) is -0.434. The molecule has 0 bridgehead atoms. The van der Waals surface area contributed by atoms with Crippen LogP contribution in [-0.2, 0) is 6.18 Å². The van der Waals surface area contributed by atoms with Gasteiger partial charge >= 0.3 is 6.18 Å². The van der Waals surface area contributed by atoms with Crippen LogP contribution in [0.1, 0.15) is 25.0 Å². The van der Waals surface area contributed by atoms with Gasteiger partial charge in [-0.25, -0.2) is 0 Å². The molecule has 0 amide bonds. The lowest BCUT2D eigenvalue weighted by Gasteiger charge is -2.07. The summed E-state index contributed by atoms with van der Waals surface area (Å²) in [6.07, 6.45) is -2.98. The van der Waals surface area contributed by atoms with Gasteiger partial charge in [0, 0.05) is 17.4 Å². The molecule has 0 heterocycles. The van der Waals surface area contributed by atoms with Crippen LogP contribution in [0.25, 0.3) is 5.76 Å². The predicted molar refractivity (Wildman–Crippen MR) is 81.9 cm³/mol. The van der Waals surface area contributed by atoms with Crippen LogP contribution >= 0.6 is 24.0 Å². The summed E-state index contributed by atoms with van der Waals surface area (Å²) < 4.78 is 37.7. The zero-order valence-electron chi connectivity index (χ0n) is 11.1. The van der Waals surface area contributed by atoms with E-state index in [1.165, 1.54) is 30.0 Å². The minimum absolute atomic E-state index is 0.125. The van der Waals surface area contributed by atoms with Crippen molar-refractivity contribution in [1.29, 1.82) is 0 Å². The fraction of sp³-hybridized carbons (Fsp3) is 0.357. The number of hydrogen-bond donors (Lipinski definition) is 1. The first-order valence-corrected chi connectivity index (χ1v) is 7.34. The van der Waals surface area contributed by atoms with Gasteiger partial charge in [-0.3, -0.25) is 0 Å². The quantitative estimate of drug-likeness (QED) is 0.460. The van der Waals surface area contributed by atoms with Gasteiger partial charge in [0.2, 0.25) is 0 Å². The summed E-state index contributed by atoms with van der Waals surface area (Å²) in [7, 11) is 0. The molecule has 1 aromatic carbocycles. The average Bonchev–Trinajstić information content (AvgIpc) is 2.35. The standard InChI is InChI=1S/C14H15F3OS2/c1-9(2)8-20-13(19)7-12(18)10-3-5-11(6-4-10)14(15,16)17/h3-7,9,18H,8H2,1-2H3/b12-7-. The van der Waals surface area contributed by atoms with E-state index in [1.807, 2.05) is 0 Å². The molecule has 0 saturated carbocycles. The summed E-state index contributed by atoms with van der Waals surface area (Å²) in [4.78, 5) is 0. The summed E-state index contributed by atoms with van der Waals surface area (Å²) in [5.74, 6) is 1.18. The van der Waals surface area contributed by atoms with Gasteiger partial charge in [-0.1, -0.05) is 38.2 Å². The van der Waals surface area contributed by atoms with Crippen molar-refractivity contribution >= 4 is 33.9 Å². The summed E-state index contributed by atoms with van der Waals surface area (Å²) in [5, 5.41) is 9.83. The molecule has 0 fully saturated rings. The monoisotopic (exact) mass is 320 g/mol. The number of alkyl halides is 3. The van der Waals surface area contributed by atoms with Crippen LogP contribution in [-0.4, -0.2) is 15.1 Å². The lowest BCUT2D eigenvalue weighted by Crippen LogP contribution is -2.04. The maximum atomic E-state index is 12.4. The van der Waals surface area contributed by atoms with Gasteiger partial charge in [0.05, 0.1) is 9.76 Å². The molecule has 0 aliphatic rings. The smallest absolute Gasteiger partial charge is 0.416 e. The summed E-state index contributed by atoms with van der Waals surface area (Å²) in [6.45, 7) is 4.10. The molecule has 110 valence electrons. The highest BCUT2D eigenvalue weighted by Crippen LogP contribution is 2.29. The fourth-order valence-corrected chi connectivity index (χ4v) is 2.32. The molecular formula is C14H15F3OS2. The molecule has 1 N–H and O–H groups in total. The molecule has 0 aliphatic carbocycles. The summed E-state index contributed by atoms with van der Waals surface area (Å²) in [6, 6.07) is 4.32. The Morgan fingerprint density at radius 1 is 1.30 bits per heavy atom. The van der Waals surface area contributed by atoms with Crippen molar-refractivity contribution in [2.24, 2.45) is 5.92 Å². The molecule has 0 radical (unpaired) electrons. The van der Waals surface area contributed by atoms with E-state index in [1.54, 1.807) is 0 Å². The van der Waals surface area contributed by atoms with Crippen molar-refractivity contribution in [3.05, 3.63) is 41.5 Å². The number of rotatable bonds is 4. The first kappa shape index (κ1) is 17.0. The van der Waals surface area contributed by atoms with Crippen LogP contribution in [0, 0.1) is 5.92 Å². The van der Waals surface area contributed by atoms with Crippen LogP contribution in [0.5, 0.6) is 0 Å². The zero-order valence-corrected chi connectivity index (χ0v) is 12.7. The van der Waals surface area contributed by atoms with Gasteiger partial charge in [0.25, 0.3) is 0 Å². The van der Waals surface area contributed by atoms with Gasteiger partial charge < -0.3 is 5.11 Å². The van der Waals surface area contributed by atoms with Gasteiger partial charge in [-0.05, 0) is 18.1 Å². The highest BCUT2D eigenvalue weighted by Gasteiger charge is 2.30. The Kier molecular flexibility index (Phi) is 6.07. The number of hydrogen-bond acceptors (Lipinski definition) is 3. The Morgan fingerprint density at radius 2 is 1.85 bits per heavy atom. The first-order valence-electron chi connectivity index (χ1n) is 5.95. The van der Waals surface area contributed by atoms with Crippen LogP contribution in [0.15, 0.2) is 30.3 Å². The van der Waals surface area contributed by atoms with Gasteiger partial charge in [-0.15, -0.1) is 11.8 Å². The lowest BCUT2D eigenvalue weighted by molar-refractivity contribution is -0.137. The number of thiocarbonyl (C=S) groups is 1. The van der Waals surface area contributed by atoms with E-state index in [0.717, 1.165) is 17.9 Å². The Morgan fingerprint density at radius 3 is 2.30 bits per heavy atom. The molecule has 0 unspecified atom stereocenters. The minimum Gasteiger partial charge on any atom is -0.507 e. The van der Waals surface area contributed by atoms with Crippen LogP contribution in [0.2, 0.25) is 0 Å². The van der Waals surface area contributed by atoms with Crippen LogP contribution in [0.3, 0.4) is 0 Å². The SMILES string of the molecule is CC(C)CSC(=S)/C=C(\O)c1ccc(C(F)(F)F)cc1. The second-order valence-electron chi connectivity index (χ2n) is 4.63. The fourth-order valence-electron chi connectivity index (χ4n) is 1.32. The lowest BCUT2D eigenvalue weighted by atomic mass is 10.1. The van der Waals surface area contributed by atoms with E-state index >= 15 is 0 Å². The predicted octanol–water partition coefficient (Wildman–Crippen LogP) is 5.32. The molecule has 1 rings (SSSR count). The van der Waals surface area contributed by atoms with E-state index in [-0.39, 0.29) is 5.76 Å². The third kappa shape index (κ3) is 5.54. The third-order valence-corrected chi connectivity index (χ3v) is 4.03.